The van der Waals surface area contributed by atoms with E-state index in [1.54, 1.807) is 16.8 Å². The Labute approximate surface area is 82.0 Å². The number of nitrogen functional groups attached to an aromatic ring is 1. The van der Waals surface area contributed by atoms with E-state index < -0.39 is 0 Å². The molecule has 1 aromatic rings. The number of piperidine rings is 1. The maximum absolute atomic E-state index is 11.5. The van der Waals surface area contributed by atoms with Crippen LogP contribution in [-0.2, 0) is 0 Å². The number of anilines is 1. The molecular formula is C9H14N4O. The number of rotatable bonds is 1. The fraction of sp³-hybridized carbons (Fsp3) is 0.556. The number of hydrogen-bond acceptors (Lipinski definition) is 4. The van der Waals surface area contributed by atoms with E-state index in [9.17, 15) is 4.79 Å². The number of nitrogens with zero attached hydrogens (tertiary/aromatic N) is 2. The molecule has 0 unspecified atom stereocenters. The van der Waals surface area contributed by atoms with Gasteiger partial charge in [0.25, 0.3) is 0 Å². The fourth-order valence-electron chi connectivity index (χ4n) is 1.77. The summed E-state index contributed by atoms with van der Waals surface area (Å²) < 4.78 is 1.66. The van der Waals surface area contributed by atoms with Gasteiger partial charge in [-0.15, -0.1) is 0 Å². The molecule has 1 aliphatic rings. The summed E-state index contributed by atoms with van der Waals surface area (Å²) in [5.41, 5.74) is 5.17. The Kier molecular flexibility index (Phi) is 2.49. The van der Waals surface area contributed by atoms with Crippen molar-refractivity contribution in [1.29, 1.82) is 0 Å². The van der Waals surface area contributed by atoms with E-state index in [4.69, 9.17) is 5.73 Å². The summed E-state index contributed by atoms with van der Waals surface area (Å²) in [6.45, 7) is 1.87. The van der Waals surface area contributed by atoms with E-state index in [1.165, 1.54) is 0 Å². The largest absolute Gasteiger partial charge is 0.383 e. The first-order valence-corrected chi connectivity index (χ1v) is 4.83. The molecule has 5 heteroatoms. The molecule has 1 aliphatic heterocycles. The second-order valence-corrected chi connectivity index (χ2v) is 3.54. The minimum atomic E-state index is -0.251. The highest BCUT2D eigenvalue weighted by Gasteiger charge is 2.15. The van der Waals surface area contributed by atoms with Gasteiger partial charge in [0.05, 0.1) is 6.04 Å². The monoisotopic (exact) mass is 194 g/mol. The molecule has 0 spiro atoms. The van der Waals surface area contributed by atoms with Gasteiger partial charge in [0.1, 0.15) is 5.82 Å². The number of nitrogens with two attached hydrogens (primary N) is 1. The van der Waals surface area contributed by atoms with Gasteiger partial charge < -0.3 is 11.1 Å². The van der Waals surface area contributed by atoms with Crippen molar-refractivity contribution in [3.63, 3.8) is 0 Å². The lowest BCUT2D eigenvalue weighted by Gasteiger charge is -2.24. The molecule has 0 aliphatic carbocycles. The smallest absolute Gasteiger partial charge is 0.349 e. The van der Waals surface area contributed by atoms with Gasteiger partial charge in [-0.1, -0.05) is 0 Å². The second kappa shape index (κ2) is 3.79. The van der Waals surface area contributed by atoms with Crippen molar-refractivity contribution < 1.29 is 0 Å². The highest BCUT2D eigenvalue weighted by molar-refractivity contribution is 5.23. The van der Waals surface area contributed by atoms with Crippen LogP contribution in [0.3, 0.4) is 0 Å². The van der Waals surface area contributed by atoms with Crippen LogP contribution in [-0.4, -0.2) is 22.6 Å². The maximum atomic E-state index is 11.5. The van der Waals surface area contributed by atoms with Crippen LogP contribution in [0.15, 0.2) is 17.1 Å². The second-order valence-electron chi connectivity index (χ2n) is 3.54. The molecule has 0 bridgehead atoms. The van der Waals surface area contributed by atoms with Crippen molar-refractivity contribution in [1.82, 2.24) is 14.9 Å². The molecule has 1 saturated heterocycles. The van der Waals surface area contributed by atoms with Crippen molar-refractivity contribution in [3.8, 4) is 0 Å². The van der Waals surface area contributed by atoms with Crippen molar-refractivity contribution >= 4 is 5.82 Å². The SMILES string of the molecule is Nc1ccn([C@@H]2CCCNC2)c(=O)n1. The molecule has 1 fully saturated rings. The Morgan fingerprint density at radius 2 is 2.50 bits per heavy atom. The van der Waals surface area contributed by atoms with E-state index in [0.717, 1.165) is 25.9 Å². The van der Waals surface area contributed by atoms with Crippen LogP contribution in [0.2, 0.25) is 0 Å². The van der Waals surface area contributed by atoms with Gasteiger partial charge in [-0.3, -0.25) is 4.57 Å². The quantitative estimate of drug-likeness (QED) is 0.646. The minimum Gasteiger partial charge on any atom is -0.383 e. The fourth-order valence-corrected chi connectivity index (χ4v) is 1.77. The summed E-state index contributed by atoms with van der Waals surface area (Å²) in [7, 11) is 0. The zero-order chi connectivity index (χ0) is 9.97. The third-order valence-electron chi connectivity index (χ3n) is 2.52. The first-order chi connectivity index (χ1) is 6.77. The third kappa shape index (κ3) is 1.77. The van der Waals surface area contributed by atoms with Crippen LogP contribution in [0.5, 0.6) is 0 Å². The predicted octanol–water partition coefficient (Wildman–Crippen LogP) is -0.250. The van der Waals surface area contributed by atoms with Crippen LogP contribution in [0, 0.1) is 0 Å². The molecule has 0 aromatic carbocycles. The molecule has 14 heavy (non-hydrogen) atoms. The topological polar surface area (TPSA) is 72.9 Å². The van der Waals surface area contributed by atoms with E-state index in [-0.39, 0.29) is 17.5 Å². The Bertz CT molecular complexity index is 367. The molecule has 3 N–H and O–H groups in total. The van der Waals surface area contributed by atoms with Gasteiger partial charge in [-0.05, 0) is 25.5 Å². The van der Waals surface area contributed by atoms with Gasteiger partial charge in [0.2, 0.25) is 0 Å². The standard InChI is InChI=1S/C9H14N4O/c10-8-3-5-13(9(14)12-8)7-2-1-4-11-6-7/h3,5,7,11H,1-2,4,6H2,(H2,10,12,14)/t7-/m1/s1. The third-order valence-corrected chi connectivity index (χ3v) is 2.52. The normalized spacial score (nSPS) is 22.1. The summed E-state index contributed by atoms with van der Waals surface area (Å²) in [6, 6.07) is 1.89. The first-order valence-electron chi connectivity index (χ1n) is 4.83. The molecule has 0 radical (unpaired) electrons. The molecule has 1 aromatic heterocycles. The molecule has 5 nitrogen and oxygen atoms in total. The van der Waals surface area contributed by atoms with E-state index in [2.05, 4.69) is 10.3 Å². The summed E-state index contributed by atoms with van der Waals surface area (Å²) in [5, 5.41) is 3.26. The highest BCUT2D eigenvalue weighted by Crippen LogP contribution is 2.13. The molecule has 0 saturated carbocycles. The lowest BCUT2D eigenvalue weighted by atomic mass is 10.1. The average molecular weight is 194 g/mol. The van der Waals surface area contributed by atoms with Crippen molar-refractivity contribution in [2.45, 2.75) is 18.9 Å². The van der Waals surface area contributed by atoms with Crippen LogP contribution >= 0.6 is 0 Å². The molecule has 76 valence electrons. The molecule has 2 rings (SSSR count). The van der Waals surface area contributed by atoms with Gasteiger partial charge in [0, 0.05) is 12.7 Å². The van der Waals surface area contributed by atoms with Crippen LogP contribution in [0.1, 0.15) is 18.9 Å². The van der Waals surface area contributed by atoms with E-state index >= 15 is 0 Å². The molecular weight excluding hydrogens is 180 g/mol. The van der Waals surface area contributed by atoms with Gasteiger partial charge in [-0.2, -0.15) is 4.98 Å². The van der Waals surface area contributed by atoms with Crippen molar-refractivity contribution in [2.75, 3.05) is 18.8 Å². The minimum absolute atomic E-state index is 0.226. The Morgan fingerprint density at radius 3 is 3.14 bits per heavy atom. The lowest BCUT2D eigenvalue weighted by Crippen LogP contribution is -2.37. The van der Waals surface area contributed by atoms with Crippen molar-refractivity contribution in [3.05, 3.63) is 22.7 Å². The van der Waals surface area contributed by atoms with Gasteiger partial charge in [0.15, 0.2) is 0 Å². The highest BCUT2D eigenvalue weighted by atomic mass is 16.1. The summed E-state index contributed by atoms with van der Waals surface area (Å²) in [5.74, 6) is 0.287. The molecule has 0 amide bonds. The average Bonchev–Trinajstić information content (AvgIpc) is 2.19. The van der Waals surface area contributed by atoms with Crippen LogP contribution in [0.25, 0.3) is 0 Å². The maximum Gasteiger partial charge on any atom is 0.349 e. The Hall–Kier alpha value is -1.36. The number of hydrogen-bond donors (Lipinski definition) is 2. The Morgan fingerprint density at radius 1 is 1.64 bits per heavy atom. The number of aromatic nitrogens is 2. The van der Waals surface area contributed by atoms with Crippen LogP contribution < -0.4 is 16.7 Å². The summed E-state index contributed by atoms with van der Waals surface area (Å²) in [4.78, 5) is 15.2. The lowest BCUT2D eigenvalue weighted by molar-refractivity contribution is 0.360. The van der Waals surface area contributed by atoms with Crippen LogP contribution in [0.4, 0.5) is 5.82 Å². The predicted molar refractivity (Wildman–Crippen MR) is 54.1 cm³/mol. The first kappa shape index (κ1) is 9.21. The van der Waals surface area contributed by atoms with Gasteiger partial charge >= 0.3 is 5.69 Å². The Balaban J connectivity index is 2.26. The van der Waals surface area contributed by atoms with E-state index in [0.29, 0.717) is 0 Å². The summed E-state index contributed by atoms with van der Waals surface area (Å²) in [6.07, 6.45) is 3.85. The summed E-state index contributed by atoms with van der Waals surface area (Å²) >= 11 is 0. The number of nitrogens with one attached hydrogen (secondary N) is 1. The molecule has 1 atom stereocenters. The zero-order valence-corrected chi connectivity index (χ0v) is 7.94. The zero-order valence-electron chi connectivity index (χ0n) is 7.94. The van der Waals surface area contributed by atoms with Gasteiger partial charge in [-0.25, -0.2) is 4.79 Å². The van der Waals surface area contributed by atoms with E-state index in [1.807, 2.05) is 0 Å². The molecule has 2 heterocycles. The van der Waals surface area contributed by atoms with Crippen molar-refractivity contribution in [2.24, 2.45) is 0 Å².